The van der Waals surface area contributed by atoms with E-state index < -0.39 is 0 Å². The Bertz CT molecular complexity index is 139. The Hall–Kier alpha value is -0.570. The first-order valence-corrected chi connectivity index (χ1v) is 4.33. The topological polar surface area (TPSA) is 48.0 Å². The van der Waals surface area contributed by atoms with Gasteiger partial charge in [0.1, 0.15) is 0 Å². The fraction of sp³-hybridized carbons (Fsp3) is 0.875. The molecule has 11 heavy (non-hydrogen) atoms. The maximum atomic E-state index is 11.4. The Labute approximate surface area is 67.5 Å². The highest BCUT2D eigenvalue weighted by Crippen LogP contribution is 2.08. The van der Waals surface area contributed by atoms with E-state index in [-0.39, 0.29) is 11.9 Å². The lowest BCUT2D eigenvalue weighted by molar-refractivity contribution is -0.400. The molecule has 0 saturated carbocycles. The first kappa shape index (κ1) is 8.53. The van der Waals surface area contributed by atoms with Crippen molar-refractivity contribution in [1.29, 1.82) is 0 Å². The first-order valence-electron chi connectivity index (χ1n) is 4.33. The maximum absolute atomic E-state index is 11.4. The van der Waals surface area contributed by atoms with E-state index in [1.54, 1.807) is 0 Å². The van der Waals surface area contributed by atoms with E-state index >= 15 is 0 Å². The second kappa shape index (κ2) is 3.72. The van der Waals surface area contributed by atoms with Crippen molar-refractivity contribution in [1.82, 2.24) is 4.90 Å². The van der Waals surface area contributed by atoms with Gasteiger partial charge in [-0.1, -0.05) is 0 Å². The maximum Gasteiger partial charge on any atom is 0.280 e. The lowest BCUT2D eigenvalue weighted by atomic mass is 10.1. The number of hydrogen-bond acceptors (Lipinski definition) is 1. The van der Waals surface area contributed by atoms with Crippen LogP contribution >= 0.6 is 0 Å². The van der Waals surface area contributed by atoms with Crippen molar-refractivity contribution in [2.24, 2.45) is 0 Å². The Kier molecular flexibility index (Phi) is 2.88. The van der Waals surface area contributed by atoms with Gasteiger partial charge in [-0.2, -0.15) is 0 Å². The van der Waals surface area contributed by atoms with Gasteiger partial charge in [-0.05, 0) is 26.2 Å². The summed E-state index contributed by atoms with van der Waals surface area (Å²) < 4.78 is 0. The highest BCUT2D eigenvalue weighted by atomic mass is 16.2. The van der Waals surface area contributed by atoms with Crippen molar-refractivity contribution in [2.45, 2.75) is 32.2 Å². The van der Waals surface area contributed by atoms with Crippen molar-refractivity contribution in [3.63, 3.8) is 0 Å². The molecule has 3 heteroatoms. The molecule has 3 N–H and O–H groups in total. The summed E-state index contributed by atoms with van der Waals surface area (Å²) in [6.07, 6.45) is 3.60. The molecule has 0 spiro atoms. The van der Waals surface area contributed by atoms with Gasteiger partial charge >= 0.3 is 0 Å². The van der Waals surface area contributed by atoms with Crippen molar-refractivity contribution in [3.05, 3.63) is 0 Å². The molecule has 1 fully saturated rings. The van der Waals surface area contributed by atoms with Gasteiger partial charge in [-0.15, -0.1) is 0 Å². The summed E-state index contributed by atoms with van der Waals surface area (Å²) in [6.45, 7) is 3.74. The fourth-order valence-corrected chi connectivity index (χ4v) is 1.43. The number of piperidine rings is 1. The lowest BCUT2D eigenvalue weighted by Crippen LogP contribution is -2.66. The molecule has 1 heterocycles. The Balaban J connectivity index is 2.39. The van der Waals surface area contributed by atoms with E-state index in [2.05, 4.69) is 5.73 Å². The molecule has 0 radical (unpaired) electrons. The predicted octanol–water partition coefficient (Wildman–Crippen LogP) is -0.371. The fourth-order valence-electron chi connectivity index (χ4n) is 1.43. The van der Waals surface area contributed by atoms with Gasteiger partial charge in [-0.25, -0.2) is 0 Å². The van der Waals surface area contributed by atoms with Crippen molar-refractivity contribution < 1.29 is 10.5 Å². The van der Waals surface area contributed by atoms with E-state index in [9.17, 15) is 4.79 Å². The normalized spacial score (nSPS) is 21.5. The summed E-state index contributed by atoms with van der Waals surface area (Å²) >= 11 is 0. The van der Waals surface area contributed by atoms with Gasteiger partial charge in [0.2, 0.25) is 0 Å². The molecular weight excluding hydrogens is 140 g/mol. The monoisotopic (exact) mass is 157 g/mol. The van der Waals surface area contributed by atoms with Crippen molar-refractivity contribution in [2.75, 3.05) is 13.1 Å². The minimum atomic E-state index is -0.0758. The highest BCUT2D eigenvalue weighted by molar-refractivity contribution is 5.79. The number of rotatable bonds is 1. The van der Waals surface area contributed by atoms with E-state index in [0.29, 0.717) is 0 Å². The molecular formula is C8H17N2O+. The Morgan fingerprint density at radius 2 is 1.91 bits per heavy atom. The van der Waals surface area contributed by atoms with Crippen LogP contribution in [0.25, 0.3) is 0 Å². The average molecular weight is 157 g/mol. The second-order valence-corrected chi connectivity index (χ2v) is 3.29. The molecule has 64 valence electrons. The van der Waals surface area contributed by atoms with Gasteiger partial charge in [0.15, 0.2) is 6.04 Å². The van der Waals surface area contributed by atoms with E-state index in [0.717, 1.165) is 13.1 Å². The van der Waals surface area contributed by atoms with E-state index in [1.807, 2.05) is 11.8 Å². The van der Waals surface area contributed by atoms with Crippen molar-refractivity contribution in [3.8, 4) is 0 Å². The lowest BCUT2D eigenvalue weighted by Gasteiger charge is -2.26. The summed E-state index contributed by atoms with van der Waals surface area (Å²) in [4.78, 5) is 13.3. The molecule has 3 nitrogen and oxygen atoms in total. The summed E-state index contributed by atoms with van der Waals surface area (Å²) in [5.74, 6) is 0.213. The summed E-state index contributed by atoms with van der Waals surface area (Å²) in [5, 5.41) is 0. The number of quaternary nitrogens is 1. The van der Waals surface area contributed by atoms with Crippen LogP contribution in [0.5, 0.6) is 0 Å². The van der Waals surface area contributed by atoms with Crippen LogP contribution in [0.1, 0.15) is 26.2 Å². The first-order chi connectivity index (χ1) is 5.22. The molecule has 1 rings (SSSR count). The number of carbonyl (C=O) groups excluding carboxylic acids is 1. The van der Waals surface area contributed by atoms with Crippen LogP contribution in [-0.2, 0) is 4.79 Å². The zero-order chi connectivity index (χ0) is 8.27. The van der Waals surface area contributed by atoms with Crippen LogP contribution in [-0.4, -0.2) is 29.9 Å². The Morgan fingerprint density at radius 1 is 1.36 bits per heavy atom. The molecule has 0 bridgehead atoms. The minimum absolute atomic E-state index is 0.0758. The molecule has 1 saturated heterocycles. The molecule has 0 aliphatic carbocycles. The highest BCUT2D eigenvalue weighted by Gasteiger charge is 2.20. The third-order valence-corrected chi connectivity index (χ3v) is 2.09. The molecule has 0 aromatic rings. The summed E-state index contributed by atoms with van der Waals surface area (Å²) in [5.41, 5.74) is 3.72. The predicted molar refractivity (Wildman–Crippen MR) is 42.8 cm³/mol. The molecule has 1 aliphatic rings. The third-order valence-electron chi connectivity index (χ3n) is 2.09. The van der Waals surface area contributed by atoms with Crippen LogP contribution in [0.3, 0.4) is 0 Å². The molecule has 1 unspecified atom stereocenters. The number of carbonyl (C=O) groups is 1. The van der Waals surface area contributed by atoms with Crippen LogP contribution in [0.4, 0.5) is 0 Å². The van der Waals surface area contributed by atoms with E-state index in [1.165, 1.54) is 19.3 Å². The number of amides is 1. The second-order valence-electron chi connectivity index (χ2n) is 3.29. The number of likely N-dealkylation sites (tertiary alicyclic amines) is 1. The van der Waals surface area contributed by atoms with Crippen molar-refractivity contribution >= 4 is 5.91 Å². The molecule has 1 atom stereocenters. The van der Waals surface area contributed by atoms with Gasteiger partial charge in [0.25, 0.3) is 5.91 Å². The largest absolute Gasteiger partial charge is 0.348 e. The summed E-state index contributed by atoms with van der Waals surface area (Å²) in [7, 11) is 0. The standard InChI is InChI=1S/C8H16N2O/c1-7(9)8(11)10-5-3-2-4-6-10/h7H,2-6,9H2,1H3/p+1. The smallest absolute Gasteiger partial charge is 0.280 e. The third kappa shape index (κ3) is 2.19. The minimum Gasteiger partial charge on any atom is -0.348 e. The SMILES string of the molecule is CC([NH3+])C(=O)N1CCCCC1. The Morgan fingerprint density at radius 3 is 2.36 bits per heavy atom. The number of hydrogen-bond donors (Lipinski definition) is 1. The molecule has 0 aromatic carbocycles. The summed E-state index contributed by atoms with van der Waals surface area (Å²) in [6, 6.07) is -0.0758. The van der Waals surface area contributed by atoms with Gasteiger partial charge in [-0.3, -0.25) is 4.79 Å². The molecule has 1 amide bonds. The molecule has 1 aliphatic heterocycles. The van der Waals surface area contributed by atoms with Crippen LogP contribution in [0.15, 0.2) is 0 Å². The van der Waals surface area contributed by atoms with E-state index in [4.69, 9.17) is 0 Å². The molecule has 0 aromatic heterocycles. The zero-order valence-corrected chi connectivity index (χ0v) is 7.18. The van der Waals surface area contributed by atoms with Crippen LogP contribution < -0.4 is 5.73 Å². The van der Waals surface area contributed by atoms with Crippen LogP contribution in [0.2, 0.25) is 0 Å². The zero-order valence-electron chi connectivity index (χ0n) is 7.18. The average Bonchev–Trinajstić information content (AvgIpc) is 2.05. The van der Waals surface area contributed by atoms with Gasteiger partial charge < -0.3 is 10.6 Å². The van der Waals surface area contributed by atoms with Crippen LogP contribution in [0, 0.1) is 0 Å². The van der Waals surface area contributed by atoms with Gasteiger partial charge in [0.05, 0.1) is 0 Å². The quantitative estimate of drug-likeness (QED) is 0.554. The van der Waals surface area contributed by atoms with Gasteiger partial charge in [0, 0.05) is 13.1 Å². The number of nitrogens with zero attached hydrogens (tertiary/aromatic N) is 1.